The van der Waals surface area contributed by atoms with E-state index in [4.69, 9.17) is 0 Å². The minimum atomic E-state index is 0.304. The lowest BCUT2D eigenvalue weighted by molar-refractivity contribution is -0.132. The van der Waals surface area contributed by atoms with Gasteiger partial charge in [-0.1, -0.05) is 0 Å². The molecule has 0 spiro atoms. The van der Waals surface area contributed by atoms with Gasteiger partial charge in [-0.05, 0) is 25.0 Å². The Bertz CT molecular complexity index is 1070. The van der Waals surface area contributed by atoms with Gasteiger partial charge in [-0.3, -0.25) is 4.79 Å². The van der Waals surface area contributed by atoms with Gasteiger partial charge in [0.15, 0.2) is 0 Å². The minimum absolute atomic E-state index is 0.304. The van der Waals surface area contributed by atoms with Gasteiger partial charge < -0.3 is 19.7 Å². The van der Waals surface area contributed by atoms with Crippen LogP contribution >= 0.6 is 0 Å². The fourth-order valence-corrected chi connectivity index (χ4v) is 4.59. The number of carbonyl (C=O) groups is 1. The predicted octanol–water partition coefficient (Wildman–Crippen LogP) is 1.36. The number of nitrogens with zero attached hydrogens (tertiary/aromatic N) is 6. The van der Waals surface area contributed by atoms with Crippen molar-refractivity contribution in [3.63, 3.8) is 0 Å². The molecule has 1 saturated heterocycles. The van der Waals surface area contributed by atoms with E-state index in [0.717, 1.165) is 75.6 Å². The molecule has 0 aromatic carbocycles. The number of nitrogens with one attached hydrogen (secondary N) is 1. The first-order valence-corrected chi connectivity index (χ1v) is 10.5. The number of anilines is 1. The van der Waals surface area contributed by atoms with E-state index in [9.17, 15) is 4.79 Å². The number of fused-ring (bicyclic) bond motifs is 2. The topological polar surface area (TPSA) is 70.7 Å². The van der Waals surface area contributed by atoms with Crippen molar-refractivity contribution in [1.82, 2.24) is 29.4 Å². The van der Waals surface area contributed by atoms with Crippen LogP contribution in [0.1, 0.15) is 18.5 Å². The molecule has 1 N–H and O–H groups in total. The number of aromatic nitrogens is 4. The second kappa shape index (κ2) is 6.59. The third-order valence-corrected chi connectivity index (χ3v) is 6.36. The number of hydrogen-bond donors (Lipinski definition) is 1. The van der Waals surface area contributed by atoms with E-state index in [1.54, 1.807) is 0 Å². The Kier molecular flexibility index (Phi) is 3.87. The maximum atomic E-state index is 12.3. The molecular weight excluding hydrogens is 366 g/mol. The largest absolute Gasteiger partial charge is 0.366 e. The molecule has 150 valence electrons. The van der Waals surface area contributed by atoms with Gasteiger partial charge in [0.1, 0.15) is 5.82 Å². The molecule has 3 aromatic heterocycles. The molecule has 0 bridgehead atoms. The number of rotatable bonds is 3. The Morgan fingerprint density at radius 3 is 2.83 bits per heavy atom. The van der Waals surface area contributed by atoms with Crippen LogP contribution in [0.5, 0.6) is 0 Å². The van der Waals surface area contributed by atoms with E-state index in [-0.39, 0.29) is 0 Å². The van der Waals surface area contributed by atoms with Crippen LogP contribution in [0.15, 0.2) is 30.7 Å². The van der Waals surface area contributed by atoms with Gasteiger partial charge in [-0.2, -0.15) is 5.10 Å². The van der Waals surface area contributed by atoms with E-state index < -0.39 is 0 Å². The number of imidazole rings is 1. The van der Waals surface area contributed by atoms with Gasteiger partial charge in [0, 0.05) is 69.7 Å². The van der Waals surface area contributed by atoms with Crippen molar-refractivity contribution in [2.75, 3.05) is 37.6 Å². The van der Waals surface area contributed by atoms with Crippen molar-refractivity contribution < 1.29 is 4.79 Å². The lowest BCUT2D eigenvalue weighted by Gasteiger charge is -2.36. The second-order valence-electron chi connectivity index (χ2n) is 8.26. The predicted molar refractivity (Wildman–Crippen MR) is 110 cm³/mol. The zero-order valence-electron chi connectivity index (χ0n) is 16.4. The molecule has 0 radical (unpaired) electrons. The van der Waals surface area contributed by atoms with Crippen LogP contribution in [-0.2, 0) is 17.9 Å². The molecule has 0 unspecified atom stereocenters. The summed E-state index contributed by atoms with van der Waals surface area (Å²) in [6.45, 7) is 6.11. The van der Waals surface area contributed by atoms with Gasteiger partial charge >= 0.3 is 0 Å². The molecule has 29 heavy (non-hydrogen) atoms. The van der Waals surface area contributed by atoms with Gasteiger partial charge in [-0.25, -0.2) is 9.50 Å². The van der Waals surface area contributed by atoms with Crippen molar-refractivity contribution in [3.8, 4) is 11.4 Å². The SMILES string of the molecule is O=C(C1CC1)N1CCN(c2ccnn3cc(-c4ncc5n4CCNC5)cc23)CC1. The summed E-state index contributed by atoms with van der Waals surface area (Å²) in [7, 11) is 0. The molecule has 6 rings (SSSR count). The molecule has 3 aliphatic rings. The Morgan fingerprint density at radius 2 is 2.00 bits per heavy atom. The summed E-state index contributed by atoms with van der Waals surface area (Å²) in [6, 6.07) is 4.28. The van der Waals surface area contributed by atoms with E-state index >= 15 is 0 Å². The van der Waals surface area contributed by atoms with Crippen molar-refractivity contribution >= 4 is 17.1 Å². The standard InChI is InChI=1S/C21H25N7O/c29-21(15-1-2-15)26-9-7-25(8-10-26)18-3-4-24-28-14-16(11-19(18)28)20-23-13-17-12-22-5-6-27(17)20/h3-4,11,13-15,22H,1-2,5-10,12H2. The summed E-state index contributed by atoms with van der Waals surface area (Å²) in [5.74, 6) is 1.67. The third-order valence-electron chi connectivity index (χ3n) is 6.36. The number of piperazine rings is 1. The highest BCUT2D eigenvalue weighted by molar-refractivity contribution is 5.82. The van der Waals surface area contributed by atoms with Gasteiger partial charge in [-0.15, -0.1) is 0 Å². The van der Waals surface area contributed by atoms with Crippen LogP contribution in [0.3, 0.4) is 0 Å². The van der Waals surface area contributed by atoms with Crippen LogP contribution in [-0.4, -0.2) is 62.7 Å². The van der Waals surface area contributed by atoms with Crippen molar-refractivity contribution in [1.29, 1.82) is 0 Å². The molecule has 1 aliphatic carbocycles. The maximum absolute atomic E-state index is 12.3. The van der Waals surface area contributed by atoms with E-state index in [2.05, 4.69) is 43.2 Å². The van der Waals surface area contributed by atoms with Crippen LogP contribution in [0, 0.1) is 5.92 Å². The average molecular weight is 391 g/mol. The Hall–Kier alpha value is -2.87. The summed E-state index contributed by atoms with van der Waals surface area (Å²) in [5.41, 5.74) is 4.60. The molecule has 0 atom stereocenters. The zero-order valence-corrected chi connectivity index (χ0v) is 16.4. The molecule has 8 nitrogen and oxygen atoms in total. The number of amides is 1. The fourth-order valence-electron chi connectivity index (χ4n) is 4.59. The van der Waals surface area contributed by atoms with E-state index in [0.29, 0.717) is 11.8 Å². The van der Waals surface area contributed by atoms with Gasteiger partial charge in [0.25, 0.3) is 0 Å². The second-order valence-corrected chi connectivity index (χ2v) is 8.26. The summed E-state index contributed by atoms with van der Waals surface area (Å²) >= 11 is 0. The van der Waals surface area contributed by atoms with Crippen molar-refractivity contribution in [2.45, 2.75) is 25.9 Å². The first-order chi connectivity index (χ1) is 14.3. The maximum Gasteiger partial charge on any atom is 0.225 e. The molecule has 2 aliphatic heterocycles. The van der Waals surface area contributed by atoms with Crippen LogP contribution in [0.4, 0.5) is 5.69 Å². The summed E-state index contributed by atoms with van der Waals surface area (Å²) in [6.07, 6.45) is 8.05. The first kappa shape index (κ1) is 17.0. The average Bonchev–Trinajstić information content (AvgIpc) is 3.38. The Balaban J connectivity index is 1.29. The first-order valence-electron chi connectivity index (χ1n) is 10.5. The highest BCUT2D eigenvalue weighted by atomic mass is 16.2. The van der Waals surface area contributed by atoms with E-state index in [1.807, 2.05) is 21.8 Å². The third kappa shape index (κ3) is 2.90. The highest BCUT2D eigenvalue weighted by Gasteiger charge is 2.34. The quantitative estimate of drug-likeness (QED) is 0.730. The van der Waals surface area contributed by atoms with Crippen molar-refractivity contribution in [2.24, 2.45) is 5.92 Å². The fraction of sp³-hybridized carbons (Fsp3) is 0.476. The van der Waals surface area contributed by atoms with Gasteiger partial charge in [0.05, 0.1) is 23.1 Å². The van der Waals surface area contributed by atoms with E-state index in [1.165, 1.54) is 11.4 Å². The number of hydrogen-bond acceptors (Lipinski definition) is 5. The van der Waals surface area contributed by atoms with Crippen LogP contribution in [0.2, 0.25) is 0 Å². The smallest absolute Gasteiger partial charge is 0.225 e. The molecular formula is C21H25N7O. The molecule has 3 aromatic rings. The Morgan fingerprint density at radius 1 is 1.14 bits per heavy atom. The lowest BCUT2D eigenvalue weighted by atomic mass is 10.2. The van der Waals surface area contributed by atoms with Crippen molar-refractivity contribution in [3.05, 3.63) is 36.4 Å². The summed E-state index contributed by atoms with van der Waals surface area (Å²) in [5, 5.41) is 7.92. The zero-order chi connectivity index (χ0) is 19.4. The molecule has 1 amide bonds. The van der Waals surface area contributed by atoms with Crippen LogP contribution in [0.25, 0.3) is 16.9 Å². The lowest BCUT2D eigenvalue weighted by Crippen LogP contribution is -2.49. The molecule has 2 fully saturated rings. The molecule has 5 heterocycles. The monoisotopic (exact) mass is 391 g/mol. The molecule has 8 heteroatoms. The minimum Gasteiger partial charge on any atom is -0.366 e. The Labute approximate surface area is 169 Å². The summed E-state index contributed by atoms with van der Waals surface area (Å²) in [4.78, 5) is 21.4. The number of carbonyl (C=O) groups excluding carboxylic acids is 1. The van der Waals surface area contributed by atoms with Crippen LogP contribution < -0.4 is 10.2 Å². The normalized spacial score (nSPS) is 19.6. The molecule has 1 saturated carbocycles. The highest BCUT2D eigenvalue weighted by Crippen LogP contribution is 2.32. The summed E-state index contributed by atoms with van der Waals surface area (Å²) < 4.78 is 4.25. The van der Waals surface area contributed by atoms with Gasteiger partial charge in [0.2, 0.25) is 5.91 Å².